The van der Waals surface area contributed by atoms with Crippen LogP contribution in [0.5, 0.6) is 5.75 Å². The van der Waals surface area contributed by atoms with E-state index in [0.29, 0.717) is 0 Å². The fourth-order valence-corrected chi connectivity index (χ4v) is 3.63. The van der Waals surface area contributed by atoms with Crippen LogP contribution >= 0.6 is 0 Å². The fraction of sp³-hybridized carbons (Fsp3) is 0.400. The first-order chi connectivity index (χ1) is 11.3. The molecule has 4 rings (SSSR count). The predicted molar refractivity (Wildman–Crippen MR) is 94.4 cm³/mol. The van der Waals surface area contributed by atoms with Crippen LogP contribution in [0.15, 0.2) is 36.4 Å². The zero-order valence-corrected chi connectivity index (χ0v) is 13.8. The molecule has 0 unspecified atom stereocenters. The SMILES string of the molecule is Cc1cccc(CN2CCOc3cc4c(cc32)CCNCC4)c1. The van der Waals surface area contributed by atoms with Gasteiger partial charge in [-0.1, -0.05) is 29.8 Å². The van der Waals surface area contributed by atoms with Gasteiger partial charge >= 0.3 is 0 Å². The highest BCUT2D eigenvalue weighted by Crippen LogP contribution is 2.36. The molecule has 0 amide bonds. The standard InChI is InChI=1S/C20H24N2O/c1-15-3-2-4-16(11-15)14-22-9-10-23-20-13-18-6-8-21-7-5-17(18)12-19(20)22/h2-4,11-13,21H,5-10,14H2,1H3. The molecule has 3 nitrogen and oxygen atoms in total. The van der Waals surface area contributed by atoms with Gasteiger partial charge in [-0.25, -0.2) is 0 Å². The van der Waals surface area contributed by atoms with Crippen molar-refractivity contribution in [1.82, 2.24) is 5.32 Å². The van der Waals surface area contributed by atoms with Crippen molar-refractivity contribution in [3.05, 3.63) is 58.7 Å². The quantitative estimate of drug-likeness (QED) is 0.923. The summed E-state index contributed by atoms with van der Waals surface area (Å²) in [5.41, 5.74) is 6.89. The smallest absolute Gasteiger partial charge is 0.142 e. The average Bonchev–Trinajstić information content (AvgIpc) is 2.78. The number of nitrogens with one attached hydrogen (secondary N) is 1. The topological polar surface area (TPSA) is 24.5 Å². The Morgan fingerprint density at radius 2 is 1.91 bits per heavy atom. The molecule has 1 N–H and O–H groups in total. The van der Waals surface area contributed by atoms with Gasteiger partial charge in [0.1, 0.15) is 12.4 Å². The third kappa shape index (κ3) is 3.06. The molecule has 2 aromatic rings. The first-order valence-electron chi connectivity index (χ1n) is 8.59. The van der Waals surface area contributed by atoms with E-state index < -0.39 is 0 Å². The van der Waals surface area contributed by atoms with Crippen LogP contribution in [-0.2, 0) is 19.4 Å². The van der Waals surface area contributed by atoms with Crippen molar-refractivity contribution in [2.45, 2.75) is 26.3 Å². The number of hydrogen-bond donors (Lipinski definition) is 1. The van der Waals surface area contributed by atoms with Gasteiger partial charge in [-0.3, -0.25) is 0 Å². The van der Waals surface area contributed by atoms with E-state index in [9.17, 15) is 0 Å². The number of aryl methyl sites for hydroxylation is 1. The maximum absolute atomic E-state index is 5.96. The lowest BCUT2D eigenvalue weighted by atomic mass is 10.00. The number of fused-ring (bicyclic) bond motifs is 2. The lowest BCUT2D eigenvalue weighted by molar-refractivity contribution is 0.306. The van der Waals surface area contributed by atoms with E-state index in [4.69, 9.17) is 4.74 Å². The summed E-state index contributed by atoms with van der Waals surface area (Å²) in [5, 5.41) is 3.49. The number of rotatable bonds is 2. The van der Waals surface area contributed by atoms with E-state index in [1.807, 2.05) is 0 Å². The summed E-state index contributed by atoms with van der Waals surface area (Å²) >= 11 is 0. The third-order valence-electron chi connectivity index (χ3n) is 4.84. The minimum absolute atomic E-state index is 0.774. The van der Waals surface area contributed by atoms with Gasteiger partial charge in [-0.15, -0.1) is 0 Å². The van der Waals surface area contributed by atoms with Crippen molar-refractivity contribution >= 4 is 5.69 Å². The molecule has 0 atom stereocenters. The Bertz CT molecular complexity index is 711. The lowest BCUT2D eigenvalue weighted by Crippen LogP contribution is -2.32. The molecule has 2 aromatic carbocycles. The van der Waals surface area contributed by atoms with Gasteiger partial charge < -0.3 is 15.0 Å². The van der Waals surface area contributed by atoms with Crippen LogP contribution in [0, 0.1) is 6.92 Å². The Hall–Kier alpha value is -2.00. The molecule has 120 valence electrons. The molecule has 0 bridgehead atoms. The maximum atomic E-state index is 5.96. The van der Waals surface area contributed by atoms with Crippen molar-refractivity contribution in [1.29, 1.82) is 0 Å². The summed E-state index contributed by atoms with van der Waals surface area (Å²) in [5.74, 6) is 1.06. The number of anilines is 1. The monoisotopic (exact) mass is 308 g/mol. The predicted octanol–water partition coefficient (Wildman–Crippen LogP) is 3.08. The van der Waals surface area contributed by atoms with Crippen LogP contribution in [-0.4, -0.2) is 26.2 Å². The van der Waals surface area contributed by atoms with E-state index in [-0.39, 0.29) is 0 Å². The highest BCUT2D eigenvalue weighted by atomic mass is 16.5. The Balaban J connectivity index is 1.66. The largest absolute Gasteiger partial charge is 0.490 e. The van der Waals surface area contributed by atoms with Crippen LogP contribution in [0.2, 0.25) is 0 Å². The first kappa shape index (κ1) is 14.6. The highest BCUT2D eigenvalue weighted by Gasteiger charge is 2.21. The lowest BCUT2D eigenvalue weighted by Gasteiger charge is -2.32. The third-order valence-corrected chi connectivity index (χ3v) is 4.84. The molecule has 2 aliphatic heterocycles. The van der Waals surface area contributed by atoms with Gasteiger partial charge in [0.2, 0.25) is 0 Å². The summed E-state index contributed by atoms with van der Waals surface area (Å²) in [6.07, 6.45) is 2.21. The summed E-state index contributed by atoms with van der Waals surface area (Å²) < 4.78 is 5.96. The molecule has 0 aromatic heterocycles. The Labute approximate surface area is 138 Å². The maximum Gasteiger partial charge on any atom is 0.142 e. The van der Waals surface area contributed by atoms with Gasteiger partial charge in [0, 0.05) is 6.54 Å². The van der Waals surface area contributed by atoms with Crippen molar-refractivity contribution in [2.75, 3.05) is 31.1 Å². The van der Waals surface area contributed by atoms with Crippen LogP contribution in [0.4, 0.5) is 5.69 Å². The Kier molecular flexibility index (Phi) is 3.96. The second-order valence-corrected chi connectivity index (χ2v) is 6.60. The normalized spacial score (nSPS) is 17.0. The Morgan fingerprint density at radius 3 is 2.74 bits per heavy atom. The van der Waals surface area contributed by atoms with Crippen LogP contribution in [0.3, 0.4) is 0 Å². The van der Waals surface area contributed by atoms with Crippen LogP contribution in [0.25, 0.3) is 0 Å². The molecule has 2 heterocycles. The van der Waals surface area contributed by atoms with E-state index in [1.165, 1.54) is 27.9 Å². The molecule has 0 saturated heterocycles. The summed E-state index contributed by atoms with van der Waals surface area (Å²) in [6, 6.07) is 13.4. The van der Waals surface area contributed by atoms with Crippen molar-refractivity contribution in [2.24, 2.45) is 0 Å². The zero-order valence-electron chi connectivity index (χ0n) is 13.8. The van der Waals surface area contributed by atoms with Gasteiger partial charge in [0.05, 0.1) is 12.2 Å². The van der Waals surface area contributed by atoms with Crippen LogP contribution < -0.4 is 15.0 Å². The Morgan fingerprint density at radius 1 is 1.09 bits per heavy atom. The molecule has 0 fully saturated rings. The van der Waals surface area contributed by atoms with Crippen LogP contribution in [0.1, 0.15) is 22.3 Å². The van der Waals surface area contributed by atoms with Crippen molar-refractivity contribution in [3.63, 3.8) is 0 Å². The first-order valence-corrected chi connectivity index (χ1v) is 8.59. The van der Waals surface area contributed by atoms with E-state index in [2.05, 4.69) is 53.5 Å². The van der Waals surface area contributed by atoms with Crippen molar-refractivity contribution < 1.29 is 4.74 Å². The zero-order chi connectivity index (χ0) is 15.6. The molecule has 0 spiro atoms. The molecule has 0 aliphatic carbocycles. The molecule has 23 heavy (non-hydrogen) atoms. The minimum atomic E-state index is 0.774. The van der Waals surface area contributed by atoms with Gasteiger partial charge in [0.25, 0.3) is 0 Å². The number of nitrogens with zero attached hydrogens (tertiary/aromatic N) is 1. The number of ether oxygens (including phenoxy) is 1. The molecular weight excluding hydrogens is 284 g/mol. The molecule has 0 saturated carbocycles. The summed E-state index contributed by atoms with van der Waals surface area (Å²) in [7, 11) is 0. The molecule has 2 aliphatic rings. The van der Waals surface area contributed by atoms with Crippen molar-refractivity contribution in [3.8, 4) is 5.75 Å². The average molecular weight is 308 g/mol. The number of hydrogen-bond acceptors (Lipinski definition) is 3. The highest BCUT2D eigenvalue weighted by molar-refractivity contribution is 5.63. The number of benzene rings is 2. The van der Waals surface area contributed by atoms with E-state index in [1.54, 1.807) is 0 Å². The van der Waals surface area contributed by atoms with Gasteiger partial charge in [-0.05, 0) is 61.7 Å². The summed E-state index contributed by atoms with van der Waals surface area (Å²) in [4.78, 5) is 2.46. The minimum Gasteiger partial charge on any atom is -0.490 e. The fourth-order valence-electron chi connectivity index (χ4n) is 3.63. The second-order valence-electron chi connectivity index (χ2n) is 6.60. The van der Waals surface area contributed by atoms with Gasteiger partial charge in [0.15, 0.2) is 0 Å². The van der Waals surface area contributed by atoms with E-state index >= 15 is 0 Å². The van der Waals surface area contributed by atoms with Gasteiger partial charge in [-0.2, -0.15) is 0 Å². The second kappa shape index (κ2) is 6.25. The molecule has 3 heteroatoms. The molecular formula is C20H24N2O. The van der Waals surface area contributed by atoms with E-state index in [0.717, 1.165) is 51.4 Å². The summed E-state index contributed by atoms with van der Waals surface area (Å²) in [6.45, 7) is 6.98. The molecule has 0 radical (unpaired) electrons.